The number of aromatic amines is 2. The van der Waals surface area contributed by atoms with Crippen LogP contribution in [0.4, 0.5) is 0 Å². The highest BCUT2D eigenvalue weighted by Crippen LogP contribution is 2.29. The second-order valence-corrected chi connectivity index (χ2v) is 6.64. The van der Waals surface area contributed by atoms with E-state index in [2.05, 4.69) is 31.5 Å². The molecule has 3 N–H and O–H groups in total. The van der Waals surface area contributed by atoms with Crippen molar-refractivity contribution in [1.29, 1.82) is 0 Å². The molecular weight excluding hydrogens is 350 g/mol. The quantitative estimate of drug-likeness (QED) is 0.448. The Morgan fingerprint density at radius 3 is 2.61 bits per heavy atom. The number of fused-ring (bicyclic) bond motifs is 2. The molecule has 0 aliphatic carbocycles. The fourth-order valence-corrected chi connectivity index (χ4v) is 3.37. The van der Waals surface area contributed by atoms with Crippen LogP contribution in [0.1, 0.15) is 16.1 Å². The van der Waals surface area contributed by atoms with Crippen LogP contribution in [0.3, 0.4) is 0 Å². The van der Waals surface area contributed by atoms with Crippen molar-refractivity contribution in [3.05, 3.63) is 84.3 Å². The molecule has 0 saturated heterocycles. The molecule has 5 aromatic rings. The molecule has 3 aromatic heterocycles. The Bertz CT molecular complexity index is 1270. The summed E-state index contributed by atoms with van der Waals surface area (Å²) < 4.78 is 0. The zero-order chi connectivity index (χ0) is 18.9. The van der Waals surface area contributed by atoms with Gasteiger partial charge in [0.15, 0.2) is 0 Å². The highest BCUT2D eigenvalue weighted by molar-refractivity contribution is 6.05. The first kappa shape index (κ1) is 16.3. The molecule has 3 heterocycles. The molecule has 5 rings (SSSR count). The van der Waals surface area contributed by atoms with Gasteiger partial charge >= 0.3 is 0 Å². The molecule has 0 bridgehead atoms. The van der Waals surface area contributed by atoms with E-state index in [1.165, 1.54) is 0 Å². The summed E-state index contributed by atoms with van der Waals surface area (Å²) >= 11 is 0. The van der Waals surface area contributed by atoms with E-state index in [1.54, 1.807) is 12.4 Å². The number of hydrogen-bond acceptors (Lipinski definition) is 3. The van der Waals surface area contributed by atoms with E-state index in [0.29, 0.717) is 12.2 Å². The molecule has 0 unspecified atom stereocenters. The van der Waals surface area contributed by atoms with Crippen molar-refractivity contribution >= 4 is 27.7 Å². The zero-order valence-electron chi connectivity index (χ0n) is 14.9. The van der Waals surface area contributed by atoms with Gasteiger partial charge in [-0.1, -0.05) is 30.3 Å². The summed E-state index contributed by atoms with van der Waals surface area (Å²) in [6.45, 7) is 0.492. The molecule has 136 valence electrons. The van der Waals surface area contributed by atoms with Gasteiger partial charge < -0.3 is 10.3 Å². The van der Waals surface area contributed by atoms with E-state index in [0.717, 1.165) is 38.6 Å². The SMILES string of the molecule is O=C(NCc1ccccc1)c1cc2cc3c(-c4ccncc4)n[nH]c3cc2[nH]1. The van der Waals surface area contributed by atoms with Crippen LogP contribution < -0.4 is 5.32 Å². The summed E-state index contributed by atoms with van der Waals surface area (Å²) in [5.74, 6) is -0.129. The number of nitrogens with one attached hydrogen (secondary N) is 3. The number of carbonyl (C=O) groups is 1. The van der Waals surface area contributed by atoms with Gasteiger partial charge in [-0.05, 0) is 35.9 Å². The number of rotatable bonds is 4. The summed E-state index contributed by atoms with van der Waals surface area (Å²) in [5.41, 5.74) is 5.28. The summed E-state index contributed by atoms with van der Waals surface area (Å²) in [5, 5.41) is 12.4. The standard InChI is InChI=1S/C22H17N5O/c28-22(24-13-14-4-2-1-3-5-14)20-11-16-10-17-19(12-18(16)25-20)26-27-21(17)15-6-8-23-9-7-15/h1-12,25H,13H2,(H,24,28)(H,26,27). The van der Waals surface area contributed by atoms with E-state index >= 15 is 0 Å². The fraction of sp³-hybridized carbons (Fsp3) is 0.0455. The second-order valence-electron chi connectivity index (χ2n) is 6.64. The van der Waals surface area contributed by atoms with Crippen molar-refractivity contribution in [3.63, 3.8) is 0 Å². The summed E-state index contributed by atoms with van der Waals surface area (Å²) in [6.07, 6.45) is 3.50. The van der Waals surface area contributed by atoms with Crippen molar-refractivity contribution in [2.75, 3.05) is 0 Å². The third kappa shape index (κ3) is 2.91. The molecule has 6 heteroatoms. The molecule has 0 atom stereocenters. The average Bonchev–Trinajstić information content (AvgIpc) is 3.35. The molecule has 28 heavy (non-hydrogen) atoms. The first-order chi connectivity index (χ1) is 13.8. The maximum atomic E-state index is 12.5. The van der Waals surface area contributed by atoms with E-state index in [4.69, 9.17) is 0 Å². The third-order valence-corrected chi connectivity index (χ3v) is 4.80. The summed E-state index contributed by atoms with van der Waals surface area (Å²) in [4.78, 5) is 19.8. The number of pyridine rings is 1. The molecule has 0 aliphatic rings. The molecule has 2 aromatic carbocycles. The minimum Gasteiger partial charge on any atom is -0.350 e. The average molecular weight is 367 g/mol. The normalized spacial score (nSPS) is 11.1. The van der Waals surface area contributed by atoms with Gasteiger partial charge in [0.2, 0.25) is 0 Å². The van der Waals surface area contributed by atoms with Crippen LogP contribution in [0.2, 0.25) is 0 Å². The second kappa shape index (κ2) is 6.66. The molecule has 0 radical (unpaired) electrons. The largest absolute Gasteiger partial charge is 0.350 e. The minimum absolute atomic E-state index is 0.129. The van der Waals surface area contributed by atoms with Crippen LogP contribution in [0.5, 0.6) is 0 Å². The highest BCUT2D eigenvalue weighted by atomic mass is 16.1. The van der Waals surface area contributed by atoms with Crippen LogP contribution in [-0.2, 0) is 6.54 Å². The molecule has 6 nitrogen and oxygen atoms in total. The Labute approximate surface area is 160 Å². The maximum absolute atomic E-state index is 12.5. The van der Waals surface area contributed by atoms with Crippen LogP contribution in [0, 0.1) is 0 Å². The van der Waals surface area contributed by atoms with Gasteiger partial charge in [0.05, 0.1) is 5.52 Å². The lowest BCUT2D eigenvalue weighted by molar-refractivity contribution is 0.0947. The Morgan fingerprint density at radius 1 is 0.964 bits per heavy atom. The molecule has 0 spiro atoms. The lowest BCUT2D eigenvalue weighted by atomic mass is 10.1. The van der Waals surface area contributed by atoms with Crippen LogP contribution >= 0.6 is 0 Å². The van der Waals surface area contributed by atoms with Gasteiger partial charge in [-0.3, -0.25) is 14.9 Å². The first-order valence-electron chi connectivity index (χ1n) is 9.01. The molecule has 0 fully saturated rings. The Balaban J connectivity index is 1.46. The predicted molar refractivity (Wildman–Crippen MR) is 109 cm³/mol. The van der Waals surface area contributed by atoms with Crippen LogP contribution in [-0.4, -0.2) is 26.1 Å². The number of nitrogens with zero attached hydrogens (tertiary/aromatic N) is 2. The predicted octanol–water partition coefficient (Wildman–Crippen LogP) is 4.04. The first-order valence-corrected chi connectivity index (χ1v) is 9.01. The fourth-order valence-electron chi connectivity index (χ4n) is 3.37. The molecular formula is C22H17N5O. The number of amides is 1. The van der Waals surface area contributed by atoms with Gasteiger partial charge in [-0.15, -0.1) is 0 Å². The van der Waals surface area contributed by atoms with E-state index < -0.39 is 0 Å². The van der Waals surface area contributed by atoms with Crippen molar-refractivity contribution in [2.24, 2.45) is 0 Å². The van der Waals surface area contributed by atoms with Gasteiger partial charge in [-0.2, -0.15) is 5.10 Å². The minimum atomic E-state index is -0.129. The number of benzene rings is 2. The van der Waals surface area contributed by atoms with E-state index in [1.807, 2.05) is 54.6 Å². The van der Waals surface area contributed by atoms with E-state index in [9.17, 15) is 4.79 Å². The van der Waals surface area contributed by atoms with Crippen LogP contribution in [0.25, 0.3) is 33.1 Å². The van der Waals surface area contributed by atoms with Crippen molar-refractivity contribution in [1.82, 2.24) is 25.5 Å². The smallest absolute Gasteiger partial charge is 0.267 e. The number of H-pyrrole nitrogens is 2. The molecule has 0 saturated carbocycles. The Morgan fingerprint density at radius 2 is 1.79 bits per heavy atom. The number of hydrogen-bond donors (Lipinski definition) is 3. The Hall–Kier alpha value is -3.93. The number of aromatic nitrogens is 4. The van der Waals surface area contributed by atoms with Gasteiger partial charge in [0.25, 0.3) is 5.91 Å². The Kier molecular flexibility index (Phi) is 3.87. The van der Waals surface area contributed by atoms with Gasteiger partial charge in [-0.25, -0.2) is 0 Å². The monoisotopic (exact) mass is 367 g/mol. The van der Waals surface area contributed by atoms with Crippen molar-refractivity contribution < 1.29 is 4.79 Å². The lowest BCUT2D eigenvalue weighted by Crippen LogP contribution is -2.22. The van der Waals surface area contributed by atoms with Crippen LogP contribution in [0.15, 0.2) is 73.1 Å². The van der Waals surface area contributed by atoms with Gasteiger partial charge in [0, 0.05) is 40.8 Å². The van der Waals surface area contributed by atoms with Crippen molar-refractivity contribution in [3.8, 4) is 11.3 Å². The van der Waals surface area contributed by atoms with Crippen molar-refractivity contribution in [2.45, 2.75) is 6.54 Å². The molecule has 0 aliphatic heterocycles. The van der Waals surface area contributed by atoms with Gasteiger partial charge in [0.1, 0.15) is 11.4 Å². The maximum Gasteiger partial charge on any atom is 0.267 e. The topological polar surface area (TPSA) is 86.5 Å². The molecule has 1 amide bonds. The summed E-state index contributed by atoms with van der Waals surface area (Å²) in [6, 6.07) is 19.6. The number of carbonyl (C=O) groups excluding carboxylic acids is 1. The van der Waals surface area contributed by atoms with E-state index in [-0.39, 0.29) is 5.91 Å². The summed E-state index contributed by atoms with van der Waals surface area (Å²) in [7, 11) is 0. The lowest BCUT2D eigenvalue weighted by Gasteiger charge is -2.03. The zero-order valence-corrected chi connectivity index (χ0v) is 14.9. The third-order valence-electron chi connectivity index (χ3n) is 4.80. The highest BCUT2D eigenvalue weighted by Gasteiger charge is 2.13.